The Morgan fingerprint density at radius 1 is 1.26 bits per heavy atom. The Morgan fingerprint density at radius 3 is 2.74 bits per heavy atom. The van der Waals surface area contributed by atoms with E-state index in [0.29, 0.717) is 30.7 Å². The average Bonchev–Trinajstić information content (AvgIpc) is 2.92. The topological polar surface area (TPSA) is 29.1 Å². The maximum Gasteiger partial charge on any atom is 0.220 e. The van der Waals surface area contributed by atoms with E-state index in [2.05, 4.69) is 5.32 Å². The quantitative estimate of drug-likeness (QED) is 0.836. The molecule has 0 unspecified atom stereocenters. The molecule has 104 valence electrons. The van der Waals surface area contributed by atoms with Gasteiger partial charge in [-0.05, 0) is 43.2 Å². The molecule has 1 saturated carbocycles. The molecule has 1 amide bonds. The fraction of sp³-hybridized carbons (Fsp3) is 0.562. The van der Waals surface area contributed by atoms with Gasteiger partial charge in [-0.25, -0.2) is 4.39 Å². The van der Waals surface area contributed by atoms with Crippen LogP contribution < -0.4 is 5.32 Å². The summed E-state index contributed by atoms with van der Waals surface area (Å²) in [5, 5.41) is 2.99. The minimum atomic E-state index is -0.172. The van der Waals surface area contributed by atoms with Crippen molar-refractivity contribution in [3.8, 4) is 0 Å². The Hall–Kier alpha value is -1.38. The number of amides is 1. The lowest BCUT2D eigenvalue weighted by Crippen LogP contribution is -2.28. The first kappa shape index (κ1) is 14.0. The average molecular weight is 263 g/mol. The lowest BCUT2D eigenvalue weighted by Gasteiger charge is -2.10. The molecule has 1 aromatic rings. The van der Waals surface area contributed by atoms with Gasteiger partial charge in [-0.15, -0.1) is 0 Å². The van der Waals surface area contributed by atoms with Crippen LogP contribution in [-0.2, 0) is 11.2 Å². The molecule has 0 radical (unpaired) electrons. The first-order valence-corrected chi connectivity index (χ1v) is 7.26. The monoisotopic (exact) mass is 263 g/mol. The number of hydrogen-bond donors (Lipinski definition) is 1. The van der Waals surface area contributed by atoms with Crippen LogP contribution in [0.5, 0.6) is 0 Å². The summed E-state index contributed by atoms with van der Waals surface area (Å²) in [5.74, 6) is 0.604. The molecule has 0 spiro atoms. The molecule has 1 aliphatic carbocycles. The number of nitrogens with one attached hydrogen (secondary N) is 1. The molecule has 3 heteroatoms. The van der Waals surface area contributed by atoms with Gasteiger partial charge < -0.3 is 5.32 Å². The van der Waals surface area contributed by atoms with Crippen molar-refractivity contribution in [1.29, 1.82) is 0 Å². The van der Waals surface area contributed by atoms with Crippen LogP contribution in [0.25, 0.3) is 0 Å². The Morgan fingerprint density at radius 2 is 2.00 bits per heavy atom. The van der Waals surface area contributed by atoms with Crippen molar-refractivity contribution in [2.45, 2.75) is 44.9 Å². The van der Waals surface area contributed by atoms with Gasteiger partial charge in [-0.1, -0.05) is 31.0 Å². The standard InChI is InChI=1S/C16H22FNO/c17-15-10-4-3-8-14(15)9-5-11-16(19)18-12-13-6-1-2-7-13/h3-4,8,10,13H,1-2,5-7,9,11-12H2,(H,18,19). The Labute approximate surface area is 114 Å². The second-order valence-corrected chi connectivity index (χ2v) is 5.40. The normalized spacial score (nSPS) is 15.6. The molecule has 2 nitrogen and oxygen atoms in total. The number of carbonyl (C=O) groups excluding carboxylic acids is 1. The number of hydrogen-bond acceptors (Lipinski definition) is 1. The third kappa shape index (κ3) is 4.66. The molecule has 0 bridgehead atoms. The van der Waals surface area contributed by atoms with E-state index < -0.39 is 0 Å². The molecule has 0 saturated heterocycles. The van der Waals surface area contributed by atoms with Gasteiger partial charge in [0.25, 0.3) is 0 Å². The summed E-state index contributed by atoms with van der Waals surface area (Å²) in [6.07, 6.45) is 6.91. The summed E-state index contributed by atoms with van der Waals surface area (Å²) < 4.78 is 13.4. The van der Waals surface area contributed by atoms with Crippen molar-refractivity contribution in [2.75, 3.05) is 6.54 Å². The predicted octanol–water partition coefficient (Wildman–Crippen LogP) is 3.45. The van der Waals surface area contributed by atoms with Gasteiger partial charge in [-0.3, -0.25) is 4.79 Å². The molecule has 1 N–H and O–H groups in total. The van der Waals surface area contributed by atoms with E-state index in [-0.39, 0.29) is 11.7 Å². The van der Waals surface area contributed by atoms with Gasteiger partial charge >= 0.3 is 0 Å². The highest BCUT2D eigenvalue weighted by molar-refractivity contribution is 5.75. The number of halogens is 1. The number of benzene rings is 1. The van der Waals surface area contributed by atoms with Crippen LogP contribution in [0.2, 0.25) is 0 Å². The van der Waals surface area contributed by atoms with E-state index in [1.54, 1.807) is 12.1 Å². The minimum absolute atomic E-state index is 0.100. The number of aryl methyl sites for hydroxylation is 1. The second kappa shape index (κ2) is 7.27. The van der Waals surface area contributed by atoms with E-state index in [9.17, 15) is 9.18 Å². The van der Waals surface area contributed by atoms with Gasteiger partial charge in [0.05, 0.1) is 0 Å². The first-order chi connectivity index (χ1) is 9.25. The summed E-state index contributed by atoms with van der Waals surface area (Å²) in [4.78, 5) is 11.7. The van der Waals surface area contributed by atoms with E-state index in [1.165, 1.54) is 31.7 Å². The fourth-order valence-corrected chi connectivity index (χ4v) is 2.70. The zero-order valence-corrected chi connectivity index (χ0v) is 11.3. The first-order valence-electron chi connectivity index (χ1n) is 7.26. The highest BCUT2D eigenvalue weighted by atomic mass is 19.1. The lowest BCUT2D eigenvalue weighted by molar-refractivity contribution is -0.121. The molecule has 1 aliphatic rings. The van der Waals surface area contributed by atoms with Crippen LogP contribution in [0.4, 0.5) is 4.39 Å². The largest absolute Gasteiger partial charge is 0.356 e. The Balaban J connectivity index is 1.62. The van der Waals surface area contributed by atoms with Crippen LogP contribution in [0.1, 0.15) is 44.1 Å². The molecule has 1 fully saturated rings. The van der Waals surface area contributed by atoms with E-state index >= 15 is 0 Å². The Bertz CT molecular complexity index is 413. The van der Waals surface area contributed by atoms with Gasteiger partial charge in [0.1, 0.15) is 5.82 Å². The molecule has 0 atom stereocenters. The van der Waals surface area contributed by atoms with Crippen LogP contribution in [0.15, 0.2) is 24.3 Å². The molecule has 1 aromatic carbocycles. The van der Waals surface area contributed by atoms with Crippen molar-refractivity contribution >= 4 is 5.91 Å². The molecular formula is C16H22FNO. The minimum Gasteiger partial charge on any atom is -0.356 e. The molecule has 19 heavy (non-hydrogen) atoms. The zero-order valence-electron chi connectivity index (χ0n) is 11.3. The van der Waals surface area contributed by atoms with Gasteiger partial charge in [0.15, 0.2) is 0 Å². The summed E-state index contributed by atoms with van der Waals surface area (Å²) >= 11 is 0. The molecule has 0 aliphatic heterocycles. The SMILES string of the molecule is O=C(CCCc1ccccc1F)NCC1CCCC1. The highest BCUT2D eigenvalue weighted by Gasteiger charge is 2.15. The van der Waals surface area contributed by atoms with Crippen LogP contribution >= 0.6 is 0 Å². The van der Waals surface area contributed by atoms with Crippen molar-refractivity contribution in [3.05, 3.63) is 35.6 Å². The summed E-state index contributed by atoms with van der Waals surface area (Å²) in [5.41, 5.74) is 0.700. The third-order valence-electron chi connectivity index (χ3n) is 3.87. The maximum absolute atomic E-state index is 13.4. The van der Waals surface area contributed by atoms with Gasteiger partial charge in [-0.2, -0.15) is 0 Å². The molecular weight excluding hydrogens is 241 g/mol. The second-order valence-electron chi connectivity index (χ2n) is 5.40. The predicted molar refractivity (Wildman–Crippen MR) is 74.3 cm³/mol. The lowest BCUT2D eigenvalue weighted by atomic mass is 10.1. The summed E-state index contributed by atoms with van der Waals surface area (Å²) in [7, 11) is 0. The molecule has 2 rings (SSSR count). The van der Waals surface area contributed by atoms with E-state index in [1.807, 2.05) is 6.07 Å². The van der Waals surface area contributed by atoms with Gasteiger partial charge in [0, 0.05) is 13.0 Å². The summed E-state index contributed by atoms with van der Waals surface area (Å²) in [6, 6.07) is 6.77. The van der Waals surface area contributed by atoms with E-state index in [0.717, 1.165) is 6.54 Å². The fourth-order valence-electron chi connectivity index (χ4n) is 2.70. The highest BCUT2D eigenvalue weighted by Crippen LogP contribution is 2.23. The van der Waals surface area contributed by atoms with Crippen molar-refractivity contribution < 1.29 is 9.18 Å². The number of carbonyl (C=O) groups is 1. The third-order valence-corrected chi connectivity index (χ3v) is 3.87. The maximum atomic E-state index is 13.4. The van der Waals surface area contributed by atoms with Crippen LogP contribution in [0.3, 0.4) is 0 Å². The molecule has 0 heterocycles. The van der Waals surface area contributed by atoms with E-state index in [4.69, 9.17) is 0 Å². The van der Waals surface area contributed by atoms with Crippen LogP contribution in [0, 0.1) is 11.7 Å². The van der Waals surface area contributed by atoms with Crippen molar-refractivity contribution in [2.24, 2.45) is 5.92 Å². The smallest absolute Gasteiger partial charge is 0.220 e. The van der Waals surface area contributed by atoms with Crippen LogP contribution in [-0.4, -0.2) is 12.5 Å². The van der Waals surface area contributed by atoms with Crippen molar-refractivity contribution in [1.82, 2.24) is 5.32 Å². The number of rotatable bonds is 6. The Kier molecular flexibility index (Phi) is 5.37. The molecule has 0 aromatic heterocycles. The van der Waals surface area contributed by atoms with Gasteiger partial charge in [0.2, 0.25) is 5.91 Å². The summed E-state index contributed by atoms with van der Waals surface area (Å²) in [6.45, 7) is 0.818. The van der Waals surface area contributed by atoms with Crippen molar-refractivity contribution in [3.63, 3.8) is 0 Å². The zero-order chi connectivity index (χ0) is 13.5.